The van der Waals surface area contributed by atoms with Crippen molar-refractivity contribution in [2.75, 3.05) is 0 Å². The zero-order chi connectivity index (χ0) is 19.4. The van der Waals surface area contributed by atoms with Crippen LogP contribution in [-0.2, 0) is 6.42 Å². The maximum Gasteiger partial charge on any atom is 0.273 e. The Kier molecular flexibility index (Phi) is 5.21. The van der Waals surface area contributed by atoms with E-state index in [1.165, 1.54) is 18.3 Å². The number of carbonyl (C=O) groups is 2. The van der Waals surface area contributed by atoms with Gasteiger partial charge in [0, 0.05) is 0 Å². The molecule has 3 N–H and O–H groups in total. The Labute approximate surface area is 156 Å². The minimum atomic E-state index is -0.606. The van der Waals surface area contributed by atoms with Crippen molar-refractivity contribution in [3.05, 3.63) is 77.1 Å². The van der Waals surface area contributed by atoms with E-state index in [-0.39, 0.29) is 11.3 Å². The van der Waals surface area contributed by atoms with Gasteiger partial charge in [0.25, 0.3) is 11.8 Å². The molecule has 7 heteroatoms. The number of amides is 2. The fourth-order valence-corrected chi connectivity index (χ4v) is 2.73. The Morgan fingerprint density at radius 1 is 1.00 bits per heavy atom. The number of hydrogen-bond acceptors (Lipinski definition) is 4. The molecule has 1 aromatic heterocycles. The molecule has 3 aromatic rings. The Bertz CT molecular complexity index is 977. The van der Waals surface area contributed by atoms with Gasteiger partial charge in [-0.15, -0.1) is 0 Å². The molecular formula is C20H20N4O3. The minimum absolute atomic E-state index is 0.0730. The van der Waals surface area contributed by atoms with Crippen molar-refractivity contribution in [2.24, 2.45) is 0 Å². The zero-order valence-electron chi connectivity index (χ0n) is 15.1. The van der Waals surface area contributed by atoms with Gasteiger partial charge in [0.1, 0.15) is 5.75 Å². The molecular weight excluding hydrogens is 344 g/mol. The first-order valence-corrected chi connectivity index (χ1v) is 8.54. The van der Waals surface area contributed by atoms with Gasteiger partial charge in [0.2, 0.25) is 0 Å². The highest BCUT2D eigenvalue weighted by Crippen LogP contribution is 2.17. The third-order valence-electron chi connectivity index (χ3n) is 4.17. The maximum atomic E-state index is 12.5. The molecule has 0 aliphatic heterocycles. The van der Waals surface area contributed by atoms with Crippen molar-refractivity contribution in [3.63, 3.8) is 0 Å². The predicted molar refractivity (Wildman–Crippen MR) is 101 cm³/mol. The Balaban J connectivity index is 1.76. The van der Waals surface area contributed by atoms with E-state index in [0.717, 1.165) is 16.9 Å². The third kappa shape index (κ3) is 3.82. The molecule has 2 aromatic carbocycles. The van der Waals surface area contributed by atoms with Crippen LogP contribution in [0.3, 0.4) is 0 Å². The van der Waals surface area contributed by atoms with E-state index in [4.69, 9.17) is 0 Å². The summed E-state index contributed by atoms with van der Waals surface area (Å²) >= 11 is 0. The normalized spacial score (nSPS) is 10.4. The highest BCUT2D eigenvalue weighted by Gasteiger charge is 2.18. The van der Waals surface area contributed by atoms with Crippen LogP contribution in [0.2, 0.25) is 0 Å². The number of aromatic nitrogens is 2. The van der Waals surface area contributed by atoms with Crippen molar-refractivity contribution in [1.29, 1.82) is 0 Å². The second kappa shape index (κ2) is 7.74. The molecule has 0 saturated heterocycles. The largest absolute Gasteiger partial charge is 0.507 e. The standard InChI is InChI=1S/C20H20N4O3/c1-3-17-16(12-21-24(17)14-10-8-13(2)9-11-14)20(27)23-22-19(26)15-6-4-5-7-18(15)25/h4-12,25H,3H2,1-2H3,(H,22,26)(H,23,27). The summed E-state index contributed by atoms with van der Waals surface area (Å²) in [5.41, 5.74) is 7.84. The summed E-state index contributed by atoms with van der Waals surface area (Å²) in [7, 11) is 0. The number of para-hydroxylation sites is 1. The monoisotopic (exact) mass is 364 g/mol. The molecule has 0 aliphatic rings. The van der Waals surface area contributed by atoms with Crippen molar-refractivity contribution in [1.82, 2.24) is 20.6 Å². The van der Waals surface area contributed by atoms with Crippen molar-refractivity contribution < 1.29 is 14.7 Å². The lowest BCUT2D eigenvalue weighted by Gasteiger charge is -2.10. The first-order chi connectivity index (χ1) is 13.0. The molecule has 0 fully saturated rings. The van der Waals surface area contributed by atoms with Crippen molar-refractivity contribution >= 4 is 11.8 Å². The summed E-state index contributed by atoms with van der Waals surface area (Å²) in [6.07, 6.45) is 2.06. The van der Waals surface area contributed by atoms with E-state index < -0.39 is 11.8 Å². The highest BCUT2D eigenvalue weighted by atomic mass is 16.3. The quantitative estimate of drug-likeness (QED) is 0.620. The number of benzene rings is 2. The van der Waals surface area contributed by atoms with Gasteiger partial charge in [0.15, 0.2) is 0 Å². The van der Waals surface area contributed by atoms with Gasteiger partial charge < -0.3 is 5.11 Å². The minimum Gasteiger partial charge on any atom is -0.507 e. The summed E-state index contributed by atoms with van der Waals surface area (Å²) in [5, 5.41) is 14.0. The molecule has 7 nitrogen and oxygen atoms in total. The topological polar surface area (TPSA) is 96.2 Å². The van der Waals surface area contributed by atoms with E-state index in [0.29, 0.717) is 12.0 Å². The summed E-state index contributed by atoms with van der Waals surface area (Å²) < 4.78 is 1.71. The van der Waals surface area contributed by atoms with Crippen LogP contribution in [0, 0.1) is 6.92 Å². The molecule has 0 bridgehead atoms. The smallest absolute Gasteiger partial charge is 0.273 e. The molecule has 3 rings (SSSR count). The third-order valence-corrected chi connectivity index (χ3v) is 4.17. The van der Waals surface area contributed by atoms with Crippen LogP contribution in [0.4, 0.5) is 0 Å². The molecule has 0 aliphatic carbocycles. The molecule has 138 valence electrons. The zero-order valence-corrected chi connectivity index (χ0v) is 15.1. The summed E-state index contributed by atoms with van der Waals surface area (Å²) in [6, 6.07) is 13.9. The Morgan fingerprint density at radius 2 is 1.63 bits per heavy atom. The molecule has 0 spiro atoms. The van der Waals surface area contributed by atoms with E-state index in [1.807, 2.05) is 38.1 Å². The fraction of sp³-hybridized carbons (Fsp3) is 0.150. The average molecular weight is 364 g/mol. The van der Waals surface area contributed by atoms with E-state index >= 15 is 0 Å². The number of phenols is 1. The number of rotatable bonds is 4. The number of hydrogen-bond donors (Lipinski definition) is 3. The molecule has 2 amide bonds. The average Bonchev–Trinajstić information content (AvgIpc) is 3.11. The number of phenolic OH excluding ortho intramolecular Hbond substituents is 1. The van der Waals surface area contributed by atoms with E-state index in [1.54, 1.807) is 16.8 Å². The molecule has 0 saturated carbocycles. The SMILES string of the molecule is CCc1c(C(=O)NNC(=O)c2ccccc2O)cnn1-c1ccc(C)cc1. The molecule has 0 unspecified atom stereocenters. The molecule has 27 heavy (non-hydrogen) atoms. The predicted octanol–water partition coefficient (Wildman–Crippen LogP) is 2.52. The van der Waals surface area contributed by atoms with Gasteiger partial charge in [-0.3, -0.25) is 20.4 Å². The maximum absolute atomic E-state index is 12.5. The van der Waals surface area contributed by atoms with Gasteiger partial charge in [-0.2, -0.15) is 5.10 Å². The van der Waals surface area contributed by atoms with Crippen LogP contribution in [0.5, 0.6) is 5.75 Å². The second-order valence-electron chi connectivity index (χ2n) is 6.03. The summed E-state index contributed by atoms with van der Waals surface area (Å²) in [6.45, 7) is 3.93. The fourth-order valence-electron chi connectivity index (χ4n) is 2.73. The summed E-state index contributed by atoms with van der Waals surface area (Å²) in [4.78, 5) is 24.6. The Hall–Kier alpha value is -3.61. The number of aryl methyl sites for hydroxylation is 1. The van der Waals surface area contributed by atoms with Crippen LogP contribution >= 0.6 is 0 Å². The lowest BCUT2D eigenvalue weighted by Crippen LogP contribution is -2.41. The molecule has 0 atom stereocenters. The number of hydrazine groups is 1. The van der Waals surface area contributed by atoms with Gasteiger partial charge in [-0.1, -0.05) is 36.8 Å². The van der Waals surface area contributed by atoms with E-state index in [2.05, 4.69) is 16.0 Å². The first kappa shape index (κ1) is 18.2. The second-order valence-corrected chi connectivity index (χ2v) is 6.03. The lowest BCUT2D eigenvalue weighted by atomic mass is 10.2. The van der Waals surface area contributed by atoms with Crippen molar-refractivity contribution in [2.45, 2.75) is 20.3 Å². The number of nitrogens with one attached hydrogen (secondary N) is 2. The van der Waals surface area contributed by atoms with Gasteiger partial charge in [-0.05, 0) is 37.6 Å². The number of carbonyl (C=O) groups excluding carboxylic acids is 2. The van der Waals surface area contributed by atoms with Crippen LogP contribution < -0.4 is 10.9 Å². The highest BCUT2D eigenvalue weighted by molar-refractivity contribution is 6.00. The first-order valence-electron chi connectivity index (χ1n) is 8.54. The van der Waals surface area contributed by atoms with Crippen LogP contribution in [-0.4, -0.2) is 26.7 Å². The van der Waals surface area contributed by atoms with E-state index in [9.17, 15) is 14.7 Å². The van der Waals surface area contributed by atoms with Gasteiger partial charge >= 0.3 is 0 Å². The van der Waals surface area contributed by atoms with Crippen molar-refractivity contribution in [3.8, 4) is 11.4 Å². The van der Waals surface area contributed by atoms with Gasteiger partial charge in [-0.25, -0.2) is 4.68 Å². The Morgan fingerprint density at radius 3 is 2.26 bits per heavy atom. The van der Waals surface area contributed by atoms with Crippen LogP contribution in [0.25, 0.3) is 5.69 Å². The number of aromatic hydroxyl groups is 1. The summed E-state index contributed by atoms with van der Waals surface area (Å²) in [5.74, 6) is -1.25. The number of nitrogens with zero attached hydrogens (tertiary/aromatic N) is 2. The van der Waals surface area contributed by atoms with Crippen LogP contribution in [0.1, 0.15) is 38.9 Å². The van der Waals surface area contributed by atoms with Crippen LogP contribution in [0.15, 0.2) is 54.7 Å². The molecule has 1 heterocycles. The lowest BCUT2D eigenvalue weighted by molar-refractivity contribution is 0.0844. The molecule has 0 radical (unpaired) electrons. The van der Waals surface area contributed by atoms with Gasteiger partial charge in [0.05, 0.1) is 28.7 Å².